The van der Waals surface area contributed by atoms with Gasteiger partial charge in [0.05, 0.1) is 12.6 Å². The van der Waals surface area contributed by atoms with Gasteiger partial charge in [0.15, 0.2) is 0 Å². The molecule has 0 aliphatic heterocycles. The first kappa shape index (κ1) is 15.0. The lowest BCUT2D eigenvalue weighted by Gasteiger charge is -2.12. The summed E-state index contributed by atoms with van der Waals surface area (Å²) in [6, 6.07) is 8.29. The van der Waals surface area contributed by atoms with Crippen LogP contribution in [0.1, 0.15) is 25.8 Å². The molecule has 0 amide bonds. The smallest absolute Gasteiger partial charge is 0.130 e. The molecule has 0 radical (unpaired) electrons. The first-order valence-electron chi connectivity index (χ1n) is 7.07. The summed E-state index contributed by atoms with van der Waals surface area (Å²) in [5.74, 6) is 3.97. The highest BCUT2D eigenvalue weighted by atomic mass is 32.2. The van der Waals surface area contributed by atoms with Gasteiger partial charge >= 0.3 is 0 Å². The van der Waals surface area contributed by atoms with Crippen molar-refractivity contribution in [1.82, 2.24) is 4.98 Å². The van der Waals surface area contributed by atoms with Gasteiger partial charge in [-0.3, -0.25) is 0 Å². The van der Waals surface area contributed by atoms with E-state index in [9.17, 15) is 0 Å². The van der Waals surface area contributed by atoms with E-state index in [-0.39, 0.29) is 0 Å². The predicted octanol–water partition coefficient (Wildman–Crippen LogP) is 4.32. The zero-order chi connectivity index (χ0) is 14.4. The molecular formula is C16H22N2OS. The number of fused-ring (bicyclic) bond motifs is 1. The first-order chi connectivity index (χ1) is 9.78. The summed E-state index contributed by atoms with van der Waals surface area (Å²) in [6.45, 7) is 5.30. The van der Waals surface area contributed by atoms with E-state index in [1.807, 2.05) is 23.9 Å². The summed E-state index contributed by atoms with van der Waals surface area (Å²) in [7, 11) is 1.68. The van der Waals surface area contributed by atoms with E-state index in [1.165, 1.54) is 10.9 Å². The number of ether oxygens (including phenoxy) is 1. The summed E-state index contributed by atoms with van der Waals surface area (Å²) in [5, 5.41) is 4.60. The standard InChI is InChI=1S/C16H22N2OS/c1-4-8-17-16-13(11-20-5-2)9-12-6-7-14(19-3)10-15(12)18-16/h6-7,9-10H,4-5,8,11H2,1-3H3,(H,17,18). The van der Waals surface area contributed by atoms with Gasteiger partial charge in [-0.1, -0.05) is 13.8 Å². The highest BCUT2D eigenvalue weighted by Gasteiger charge is 2.07. The van der Waals surface area contributed by atoms with Crippen molar-refractivity contribution in [2.75, 3.05) is 24.7 Å². The normalized spacial score (nSPS) is 10.8. The van der Waals surface area contributed by atoms with Crippen molar-refractivity contribution >= 4 is 28.5 Å². The fourth-order valence-corrected chi connectivity index (χ4v) is 2.68. The molecule has 4 heteroatoms. The molecule has 2 aromatic rings. The highest BCUT2D eigenvalue weighted by Crippen LogP contribution is 2.26. The van der Waals surface area contributed by atoms with Crippen LogP contribution in [-0.2, 0) is 5.75 Å². The Kier molecular flexibility index (Phi) is 5.53. The summed E-state index contributed by atoms with van der Waals surface area (Å²) in [5.41, 5.74) is 2.26. The quantitative estimate of drug-likeness (QED) is 0.823. The second-order valence-corrected chi connectivity index (χ2v) is 5.89. The van der Waals surface area contributed by atoms with E-state index in [0.29, 0.717) is 0 Å². The van der Waals surface area contributed by atoms with E-state index < -0.39 is 0 Å². The maximum Gasteiger partial charge on any atom is 0.130 e. The van der Waals surface area contributed by atoms with Gasteiger partial charge in [-0.2, -0.15) is 11.8 Å². The van der Waals surface area contributed by atoms with Gasteiger partial charge in [-0.25, -0.2) is 4.98 Å². The number of nitrogens with zero attached hydrogens (tertiary/aromatic N) is 1. The van der Waals surface area contributed by atoms with E-state index in [0.717, 1.165) is 41.6 Å². The number of rotatable bonds is 7. The molecule has 0 saturated heterocycles. The Bertz CT molecular complexity index is 572. The molecule has 0 aliphatic rings. The topological polar surface area (TPSA) is 34.2 Å². The third kappa shape index (κ3) is 3.57. The average Bonchev–Trinajstić information content (AvgIpc) is 2.49. The summed E-state index contributed by atoms with van der Waals surface area (Å²) < 4.78 is 5.27. The van der Waals surface area contributed by atoms with Crippen molar-refractivity contribution in [3.05, 3.63) is 29.8 Å². The van der Waals surface area contributed by atoms with Crippen LogP contribution in [0.15, 0.2) is 24.3 Å². The van der Waals surface area contributed by atoms with E-state index in [1.54, 1.807) is 7.11 Å². The fraction of sp³-hybridized carbons (Fsp3) is 0.438. The molecule has 0 atom stereocenters. The second kappa shape index (κ2) is 7.39. The fourth-order valence-electron chi connectivity index (χ4n) is 2.04. The molecule has 1 aromatic heterocycles. The van der Waals surface area contributed by atoms with Gasteiger partial charge in [0.25, 0.3) is 0 Å². The number of benzene rings is 1. The molecule has 108 valence electrons. The molecule has 0 fully saturated rings. The number of aromatic nitrogens is 1. The molecule has 0 aliphatic carbocycles. The molecular weight excluding hydrogens is 268 g/mol. The van der Waals surface area contributed by atoms with Gasteiger partial charge in [0.1, 0.15) is 11.6 Å². The van der Waals surface area contributed by atoms with Crippen LogP contribution in [0.2, 0.25) is 0 Å². The predicted molar refractivity (Wildman–Crippen MR) is 88.9 cm³/mol. The van der Waals surface area contributed by atoms with Crippen molar-refractivity contribution in [2.24, 2.45) is 0 Å². The van der Waals surface area contributed by atoms with Crippen LogP contribution in [0.3, 0.4) is 0 Å². The van der Waals surface area contributed by atoms with Gasteiger partial charge in [-0.05, 0) is 30.4 Å². The molecule has 0 bridgehead atoms. The van der Waals surface area contributed by atoms with Crippen LogP contribution in [0, 0.1) is 0 Å². The second-order valence-electron chi connectivity index (χ2n) is 4.62. The number of pyridine rings is 1. The molecule has 1 aromatic carbocycles. The molecule has 0 spiro atoms. The average molecular weight is 290 g/mol. The Morgan fingerprint density at radius 1 is 1.25 bits per heavy atom. The lowest BCUT2D eigenvalue weighted by molar-refractivity contribution is 0.415. The Morgan fingerprint density at radius 2 is 2.10 bits per heavy atom. The van der Waals surface area contributed by atoms with E-state index >= 15 is 0 Å². The minimum atomic E-state index is 0.849. The minimum absolute atomic E-state index is 0.849. The lowest BCUT2D eigenvalue weighted by Crippen LogP contribution is -2.05. The van der Waals surface area contributed by atoms with Crippen molar-refractivity contribution in [2.45, 2.75) is 26.0 Å². The van der Waals surface area contributed by atoms with Crippen LogP contribution in [-0.4, -0.2) is 24.4 Å². The van der Waals surface area contributed by atoms with Crippen LogP contribution < -0.4 is 10.1 Å². The lowest BCUT2D eigenvalue weighted by atomic mass is 10.1. The zero-order valence-electron chi connectivity index (χ0n) is 12.4. The largest absolute Gasteiger partial charge is 0.497 e. The summed E-state index contributed by atoms with van der Waals surface area (Å²) in [6.07, 6.45) is 1.10. The summed E-state index contributed by atoms with van der Waals surface area (Å²) >= 11 is 1.92. The number of hydrogen-bond acceptors (Lipinski definition) is 4. The van der Waals surface area contributed by atoms with Gasteiger partial charge < -0.3 is 10.1 Å². The van der Waals surface area contributed by atoms with E-state index in [2.05, 4.69) is 31.3 Å². The third-order valence-corrected chi connectivity index (χ3v) is 4.03. The van der Waals surface area contributed by atoms with Crippen LogP contribution >= 0.6 is 11.8 Å². The SMILES string of the molecule is CCCNc1nc2cc(OC)ccc2cc1CSCC. The maximum absolute atomic E-state index is 5.27. The number of anilines is 1. The maximum atomic E-state index is 5.27. The number of thioether (sulfide) groups is 1. The van der Waals surface area contributed by atoms with Crippen molar-refractivity contribution < 1.29 is 4.74 Å². The monoisotopic (exact) mass is 290 g/mol. The number of hydrogen-bond donors (Lipinski definition) is 1. The van der Waals surface area contributed by atoms with Crippen LogP contribution in [0.5, 0.6) is 5.75 Å². The number of methoxy groups -OCH3 is 1. The van der Waals surface area contributed by atoms with E-state index in [4.69, 9.17) is 9.72 Å². The minimum Gasteiger partial charge on any atom is -0.497 e. The van der Waals surface area contributed by atoms with Crippen molar-refractivity contribution in [3.8, 4) is 5.75 Å². The number of nitrogens with one attached hydrogen (secondary N) is 1. The van der Waals surface area contributed by atoms with Gasteiger partial charge in [-0.15, -0.1) is 0 Å². The van der Waals surface area contributed by atoms with Crippen LogP contribution in [0.25, 0.3) is 10.9 Å². The van der Waals surface area contributed by atoms with Crippen molar-refractivity contribution in [3.63, 3.8) is 0 Å². The molecule has 3 nitrogen and oxygen atoms in total. The summed E-state index contributed by atoms with van der Waals surface area (Å²) in [4.78, 5) is 4.77. The Labute approximate surface area is 125 Å². The zero-order valence-corrected chi connectivity index (χ0v) is 13.2. The molecule has 0 unspecified atom stereocenters. The van der Waals surface area contributed by atoms with Crippen molar-refractivity contribution in [1.29, 1.82) is 0 Å². The van der Waals surface area contributed by atoms with Gasteiger partial charge in [0.2, 0.25) is 0 Å². The molecule has 2 rings (SSSR count). The highest BCUT2D eigenvalue weighted by molar-refractivity contribution is 7.98. The molecule has 0 saturated carbocycles. The van der Waals surface area contributed by atoms with Gasteiger partial charge in [0, 0.05) is 29.3 Å². The first-order valence-corrected chi connectivity index (χ1v) is 8.23. The Balaban J connectivity index is 2.40. The molecule has 1 heterocycles. The van der Waals surface area contributed by atoms with Crippen LogP contribution in [0.4, 0.5) is 5.82 Å². The third-order valence-electron chi connectivity index (χ3n) is 3.11. The molecule has 1 N–H and O–H groups in total. The molecule has 20 heavy (non-hydrogen) atoms. The Hall–Kier alpha value is -1.42. The Morgan fingerprint density at radius 3 is 2.80 bits per heavy atom.